The van der Waals surface area contributed by atoms with Crippen LogP contribution in [0.1, 0.15) is 42.6 Å². The van der Waals surface area contributed by atoms with Crippen molar-refractivity contribution in [1.82, 2.24) is 9.88 Å². The number of anilines is 1. The van der Waals surface area contributed by atoms with Gasteiger partial charge in [-0.3, -0.25) is 9.78 Å². The number of hydrogen-bond acceptors (Lipinski definition) is 4. The molecule has 0 saturated heterocycles. The average Bonchev–Trinajstić information content (AvgIpc) is 2.52. The zero-order valence-electron chi connectivity index (χ0n) is 13.0. The molecule has 5 nitrogen and oxygen atoms in total. The van der Waals surface area contributed by atoms with E-state index >= 15 is 0 Å². The number of ether oxygens (including phenoxy) is 1. The first-order chi connectivity index (χ1) is 10.2. The van der Waals surface area contributed by atoms with Gasteiger partial charge >= 0.3 is 0 Å². The molecule has 5 heteroatoms. The van der Waals surface area contributed by atoms with E-state index in [1.807, 2.05) is 6.07 Å². The van der Waals surface area contributed by atoms with Crippen molar-refractivity contribution >= 4 is 11.6 Å². The maximum Gasteiger partial charge on any atom is 0.272 e. The van der Waals surface area contributed by atoms with E-state index in [4.69, 9.17) is 4.74 Å². The topological polar surface area (TPSA) is 54.5 Å². The van der Waals surface area contributed by atoms with Gasteiger partial charge in [0, 0.05) is 32.5 Å². The zero-order valence-corrected chi connectivity index (χ0v) is 13.0. The van der Waals surface area contributed by atoms with Crippen molar-refractivity contribution in [2.24, 2.45) is 0 Å². The second-order valence-corrected chi connectivity index (χ2v) is 5.69. The summed E-state index contributed by atoms with van der Waals surface area (Å²) in [7, 11) is 3.45. The fourth-order valence-electron chi connectivity index (χ4n) is 2.54. The number of rotatable bonds is 6. The molecule has 1 N–H and O–H groups in total. The Bertz CT molecular complexity index is 457. The first-order valence-corrected chi connectivity index (χ1v) is 7.70. The van der Waals surface area contributed by atoms with E-state index in [9.17, 15) is 4.79 Å². The second-order valence-electron chi connectivity index (χ2n) is 5.69. The predicted octanol–water partition coefficient (Wildman–Crippen LogP) is 2.54. The van der Waals surface area contributed by atoms with Gasteiger partial charge in [0.25, 0.3) is 5.91 Å². The summed E-state index contributed by atoms with van der Waals surface area (Å²) in [6.45, 7) is 1.44. The normalized spacial score (nSPS) is 15.7. The van der Waals surface area contributed by atoms with Crippen LogP contribution in [0.2, 0.25) is 0 Å². The summed E-state index contributed by atoms with van der Waals surface area (Å²) >= 11 is 0. The number of carbonyl (C=O) groups excluding carboxylic acids is 1. The Morgan fingerprint density at radius 2 is 2.14 bits per heavy atom. The summed E-state index contributed by atoms with van der Waals surface area (Å²) in [6, 6.07) is 3.65. The minimum Gasteiger partial charge on any atom is -0.383 e. The maximum absolute atomic E-state index is 11.8. The van der Waals surface area contributed by atoms with Crippen LogP contribution in [0.5, 0.6) is 0 Å². The van der Waals surface area contributed by atoms with Crippen molar-refractivity contribution in [2.75, 3.05) is 32.6 Å². The zero-order chi connectivity index (χ0) is 15.1. The maximum atomic E-state index is 11.8. The fraction of sp³-hybridized carbons (Fsp3) is 0.625. The highest BCUT2D eigenvalue weighted by Gasteiger charge is 2.13. The molecule has 0 aromatic carbocycles. The molecule has 1 aromatic rings. The van der Waals surface area contributed by atoms with Crippen LogP contribution in [-0.2, 0) is 4.74 Å². The summed E-state index contributed by atoms with van der Waals surface area (Å²) in [5, 5.41) is 3.28. The molecule has 2 rings (SSSR count). The van der Waals surface area contributed by atoms with Gasteiger partial charge in [-0.25, -0.2) is 0 Å². The highest BCUT2D eigenvalue weighted by molar-refractivity contribution is 5.92. The van der Waals surface area contributed by atoms with Crippen LogP contribution < -0.4 is 5.32 Å². The van der Waals surface area contributed by atoms with Gasteiger partial charge < -0.3 is 15.0 Å². The van der Waals surface area contributed by atoms with Gasteiger partial charge in [-0.2, -0.15) is 0 Å². The van der Waals surface area contributed by atoms with E-state index in [0.29, 0.717) is 18.4 Å². The second kappa shape index (κ2) is 7.98. The van der Waals surface area contributed by atoms with Gasteiger partial charge in [0.15, 0.2) is 0 Å². The van der Waals surface area contributed by atoms with E-state index in [-0.39, 0.29) is 5.91 Å². The summed E-state index contributed by atoms with van der Waals surface area (Å²) < 4.78 is 5.87. The molecule has 1 aliphatic rings. The lowest BCUT2D eigenvalue weighted by atomic mass is 9.98. The first kappa shape index (κ1) is 15.8. The third-order valence-electron chi connectivity index (χ3n) is 3.72. The Balaban J connectivity index is 1.75. The lowest BCUT2D eigenvalue weighted by molar-refractivity contribution is 0.0347. The number of amides is 1. The molecule has 1 aromatic heterocycles. The Morgan fingerprint density at radius 3 is 2.86 bits per heavy atom. The summed E-state index contributed by atoms with van der Waals surface area (Å²) in [6.07, 6.45) is 8.40. The van der Waals surface area contributed by atoms with E-state index in [1.54, 1.807) is 26.4 Å². The smallest absolute Gasteiger partial charge is 0.272 e. The van der Waals surface area contributed by atoms with Gasteiger partial charge in [0.1, 0.15) is 5.69 Å². The highest BCUT2D eigenvalue weighted by Crippen LogP contribution is 2.20. The van der Waals surface area contributed by atoms with E-state index in [2.05, 4.69) is 10.3 Å². The Kier molecular flexibility index (Phi) is 5.99. The molecule has 1 fully saturated rings. The number of hydrogen-bond donors (Lipinski definition) is 1. The van der Waals surface area contributed by atoms with Crippen molar-refractivity contribution in [1.29, 1.82) is 0 Å². The molecule has 0 aliphatic heterocycles. The third kappa shape index (κ3) is 5.01. The summed E-state index contributed by atoms with van der Waals surface area (Å²) in [5.41, 5.74) is 1.36. The minimum absolute atomic E-state index is 0.0860. The predicted molar refractivity (Wildman–Crippen MR) is 83.6 cm³/mol. The minimum atomic E-state index is -0.0860. The molecule has 0 atom stereocenters. The molecular formula is C16H25N3O2. The van der Waals surface area contributed by atoms with E-state index in [0.717, 1.165) is 12.2 Å². The Hall–Kier alpha value is -1.62. The van der Waals surface area contributed by atoms with Crippen LogP contribution in [0, 0.1) is 0 Å². The Morgan fingerprint density at radius 1 is 1.38 bits per heavy atom. The molecule has 116 valence electrons. The fourth-order valence-corrected chi connectivity index (χ4v) is 2.54. The molecule has 0 radical (unpaired) electrons. The Labute approximate surface area is 126 Å². The lowest BCUT2D eigenvalue weighted by Crippen LogP contribution is -2.23. The molecule has 1 aliphatic carbocycles. The monoisotopic (exact) mass is 291 g/mol. The number of carbonyl (C=O) groups is 1. The number of nitrogens with one attached hydrogen (secondary N) is 1. The number of aromatic nitrogens is 1. The molecule has 1 saturated carbocycles. The van der Waals surface area contributed by atoms with Gasteiger partial charge in [0.05, 0.1) is 12.7 Å². The van der Waals surface area contributed by atoms with Crippen LogP contribution in [0.3, 0.4) is 0 Å². The van der Waals surface area contributed by atoms with Gasteiger partial charge in [-0.1, -0.05) is 19.3 Å². The average molecular weight is 291 g/mol. The van der Waals surface area contributed by atoms with Crippen LogP contribution in [0.25, 0.3) is 0 Å². The molecule has 0 spiro atoms. The molecular weight excluding hydrogens is 266 g/mol. The van der Waals surface area contributed by atoms with Gasteiger partial charge in [-0.15, -0.1) is 0 Å². The highest BCUT2D eigenvalue weighted by atomic mass is 16.5. The van der Waals surface area contributed by atoms with Crippen molar-refractivity contribution in [3.8, 4) is 0 Å². The standard InChI is InChI=1S/C16H25N3O2/c1-19(2)16(20)15-12-13(8-9-18-15)17-10-11-21-14-6-4-3-5-7-14/h8-9,12,14H,3-7,10-11H2,1-2H3,(H,17,18). The molecule has 1 amide bonds. The summed E-state index contributed by atoms with van der Waals surface area (Å²) in [5.74, 6) is -0.0860. The first-order valence-electron chi connectivity index (χ1n) is 7.70. The van der Waals surface area contributed by atoms with Crippen LogP contribution in [0.15, 0.2) is 18.3 Å². The van der Waals surface area contributed by atoms with Crippen molar-refractivity contribution in [2.45, 2.75) is 38.2 Å². The quantitative estimate of drug-likeness (QED) is 0.818. The SMILES string of the molecule is CN(C)C(=O)c1cc(NCCOC2CCCCC2)ccn1. The van der Waals surface area contributed by atoms with Crippen LogP contribution >= 0.6 is 0 Å². The van der Waals surface area contributed by atoms with Crippen LogP contribution in [-0.4, -0.2) is 49.1 Å². The molecule has 1 heterocycles. The number of pyridine rings is 1. The van der Waals surface area contributed by atoms with E-state index < -0.39 is 0 Å². The molecule has 0 unspecified atom stereocenters. The van der Waals surface area contributed by atoms with Crippen molar-refractivity contribution in [3.63, 3.8) is 0 Å². The van der Waals surface area contributed by atoms with Crippen LogP contribution in [0.4, 0.5) is 5.69 Å². The van der Waals surface area contributed by atoms with Gasteiger partial charge in [0.2, 0.25) is 0 Å². The number of nitrogens with zero attached hydrogens (tertiary/aromatic N) is 2. The van der Waals surface area contributed by atoms with Crippen molar-refractivity contribution in [3.05, 3.63) is 24.0 Å². The summed E-state index contributed by atoms with van der Waals surface area (Å²) in [4.78, 5) is 17.5. The van der Waals surface area contributed by atoms with E-state index in [1.165, 1.54) is 37.0 Å². The lowest BCUT2D eigenvalue weighted by Gasteiger charge is -2.22. The largest absolute Gasteiger partial charge is 0.383 e. The third-order valence-corrected chi connectivity index (χ3v) is 3.72. The molecule has 21 heavy (non-hydrogen) atoms. The van der Waals surface area contributed by atoms with Gasteiger partial charge in [-0.05, 0) is 25.0 Å². The molecule has 0 bridgehead atoms. The van der Waals surface area contributed by atoms with Crippen molar-refractivity contribution < 1.29 is 9.53 Å².